The van der Waals surface area contributed by atoms with Gasteiger partial charge in [0.25, 0.3) is 5.65 Å². The highest BCUT2D eigenvalue weighted by molar-refractivity contribution is 5.96. The molecule has 3 aromatic rings. The van der Waals surface area contributed by atoms with Gasteiger partial charge in [0.1, 0.15) is 12.7 Å². The molecule has 0 saturated heterocycles. The summed E-state index contributed by atoms with van der Waals surface area (Å²) in [4.78, 5) is 12.3. The Morgan fingerprint density at radius 2 is 2.05 bits per heavy atom. The molecule has 0 fully saturated rings. The van der Waals surface area contributed by atoms with Gasteiger partial charge in [-0.15, -0.1) is 0 Å². The number of hydrogen-bond acceptors (Lipinski definition) is 1. The molecule has 0 amide bonds. The average Bonchev–Trinajstić information content (AvgIpc) is 2.48. The summed E-state index contributed by atoms with van der Waals surface area (Å²) in [5.41, 5.74) is 2.50. The minimum atomic E-state index is 0.0204. The van der Waals surface area contributed by atoms with Crippen molar-refractivity contribution in [1.82, 2.24) is 4.57 Å². The van der Waals surface area contributed by atoms with Crippen molar-refractivity contribution < 1.29 is 4.40 Å². The van der Waals surface area contributed by atoms with E-state index < -0.39 is 0 Å². The summed E-state index contributed by atoms with van der Waals surface area (Å²) in [5.74, 6) is 0. The van der Waals surface area contributed by atoms with E-state index in [1.165, 1.54) is 16.3 Å². The van der Waals surface area contributed by atoms with E-state index in [1.54, 1.807) is 6.07 Å². The molecule has 1 atom stereocenters. The second-order valence-corrected chi connectivity index (χ2v) is 5.97. The first kappa shape index (κ1) is 11.6. The molecule has 0 spiro atoms. The molecular formula is C17H17N2O+. The molecule has 1 aliphatic rings. The Morgan fingerprint density at radius 3 is 2.85 bits per heavy atom. The van der Waals surface area contributed by atoms with Crippen LogP contribution in [0.4, 0.5) is 0 Å². The van der Waals surface area contributed by atoms with Crippen LogP contribution in [-0.2, 0) is 12.0 Å². The topological polar surface area (TPSA) is 26.1 Å². The highest BCUT2D eigenvalue weighted by atomic mass is 16.1. The summed E-state index contributed by atoms with van der Waals surface area (Å²) in [6, 6.07) is 10.2. The number of nitrogens with zero attached hydrogens (tertiary/aromatic N) is 2. The summed E-state index contributed by atoms with van der Waals surface area (Å²) in [6.07, 6.45) is 4.92. The molecule has 0 aliphatic carbocycles. The van der Waals surface area contributed by atoms with E-state index >= 15 is 0 Å². The third-order valence-electron chi connectivity index (χ3n) is 4.82. The summed E-state index contributed by atoms with van der Waals surface area (Å²) in [5, 5.41) is 2.43. The van der Waals surface area contributed by atoms with Crippen LogP contribution in [0.3, 0.4) is 0 Å². The van der Waals surface area contributed by atoms with Gasteiger partial charge in [-0.2, -0.15) is 4.57 Å². The van der Waals surface area contributed by atoms with Crippen LogP contribution < -0.4 is 9.96 Å². The summed E-state index contributed by atoms with van der Waals surface area (Å²) < 4.78 is 3.99. The van der Waals surface area contributed by atoms with Crippen molar-refractivity contribution in [2.45, 2.75) is 32.2 Å². The quantitative estimate of drug-likeness (QED) is 0.490. The number of hydrogen-bond donors (Lipinski definition) is 0. The Morgan fingerprint density at radius 1 is 1.25 bits per heavy atom. The first-order chi connectivity index (χ1) is 9.64. The number of rotatable bonds is 1. The van der Waals surface area contributed by atoms with Crippen LogP contribution in [-0.4, -0.2) is 4.57 Å². The highest BCUT2D eigenvalue weighted by Crippen LogP contribution is 2.38. The smallest absolute Gasteiger partial charge is 0.241 e. The normalized spacial score (nSPS) is 20.9. The molecule has 3 heteroatoms. The van der Waals surface area contributed by atoms with Gasteiger partial charge in [0.2, 0.25) is 0 Å². The van der Waals surface area contributed by atoms with E-state index in [-0.39, 0.29) is 11.0 Å². The fourth-order valence-electron chi connectivity index (χ4n) is 3.44. The number of benzene rings is 1. The molecule has 1 aliphatic heterocycles. The summed E-state index contributed by atoms with van der Waals surface area (Å²) in [7, 11) is 0. The SMILES string of the molecule is CCC1(C)Cn2c(=O)cc[n+]3ccc4cccc1c4c23. The van der Waals surface area contributed by atoms with Gasteiger partial charge in [0.05, 0.1) is 17.6 Å². The molecular weight excluding hydrogens is 248 g/mol. The lowest BCUT2D eigenvalue weighted by Gasteiger charge is -2.31. The highest BCUT2D eigenvalue weighted by Gasteiger charge is 2.37. The predicted molar refractivity (Wildman–Crippen MR) is 79.0 cm³/mol. The van der Waals surface area contributed by atoms with E-state index in [2.05, 4.69) is 42.5 Å². The van der Waals surface area contributed by atoms with Crippen molar-refractivity contribution in [1.29, 1.82) is 0 Å². The lowest BCUT2D eigenvalue weighted by Crippen LogP contribution is -2.42. The molecule has 0 bridgehead atoms. The van der Waals surface area contributed by atoms with Crippen molar-refractivity contribution >= 4 is 16.4 Å². The first-order valence-electron chi connectivity index (χ1n) is 7.11. The second-order valence-electron chi connectivity index (χ2n) is 5.97. The third kappa shape index (κ3) is 1.30. The van der Waals surface area contributed by atoms with Gasteiger partial charge < -0.3 is 0 Å². The van der Waals surface area contributed by atoms with Crippen LogP contribution in [0.25, 0.3) is 16.4 Å². The molecule has 1 unspecified atom stereocenters. The Balaban J connectivity index is 2.35. The zero-order valence-electron chi connectivity index (χ0n) is 11.8. The lowest BCUT2D eigenvalue weighted by molar-refractivity contribution is -0.515. The zero-order valence-corrected chi connectivity index (χ0v) is 11.8. The molecule has 100 valence electrons. The van der Waals surface area contributed by atoms with Gasteiger partial charge in [0.15, 0.2) is 0 Å². The van der Waals surface area contributed by atoms with Gasteiger partial charge in [0, 0.05) is 5.41 Å². The summed E-state index contributed by atoms with van der Waals surface area (Å²) >= 11 is 0. The predicted octanol–water partition coefficient (Wildman–Crippen LogP) is 2.42. The molecule has 20 heavy (non-hydrogen) atoms. The van der Waals surface area contributed by atoms with Crippen LogP contribution in [0.1, 0.15) is 25.8 Å². The van der Waals surface area contributed by atoms with Crippen molar-refractivity contribution in [3.8, 4) is 0 Å². The fraction of sp³-hybridized carbons (Fsp3) is 0.294. The van der Waals surface area contributed by atoms with E-state index in [4.69, 9.17) is 0 Å². The minimum Gasteiger partial charge on any atom is -0.241 e. The Bertz CT molecular complexity index is 910. The van der Waals surface area contributed by atoms with Crippen molar-refractivity contribution in [2.24, 2.45) is 0 Å². The number of pyridine rings is 1. The van der Waals surface area contributed by atoms with Gasteiger partial charge >= 0.3 is 5.56 Å². The molecule has 2 aromatic heterocycles. The van der Waals surface area contributed by atoms with Crippen molar-refractivity contribution in [3.63, 3.8) is 0 Å². The van der Waals surface area contributed by atoms with E-state index in [1.807, 2.05) is 17.0 Å². The Hall–Kier alpha value is -2.16. The molecule has 4 rings (SSSR count). The minimum absolute atomic E-state index is 0.0204. The molecule has 0 saturated carbocycles. The Labute approximate surface area is 117 Å². The lowest BCUT2D eigenvalue weighted by atomic mass is 9.76. The average molecular weight is 265 g/mol. The summed E-state index contributed by atoms with van der Waals surface area (Å²) in [6.45, 7) is 5.21. The van der Waals surface area contributed by atoms with Crippen molar-refractivity contribution in [2.75, 3.05) is 0 Å². The monoisotopic (exact) mass is 265 g/mol. The zero-order chi connectivity index (χ0) is 13.9. The number of aromatic nitrogens is 2. The van der Waals surface area contributed by atoms with Crippen molar-refractivity contribution in [3.05, 3.63) is 58.6 Å². The second kappa shape index (κ2) is 3.69. The maximum atomic E-state index is 12.3. The largest absolute Gasteiger partial charge is 0.337 e. The van der Waals surface area contributed by atoms with Gasteiger partial charge in [-0.3, -0.25) is 0 Å². The maximum absolute atomic E-state index is 12.3. The van der Waals surface area contributed by atoms with E-state index in [0.29, 0.717) is 0 Å². The molecule has 3 heterocycles. The standard InChI is InChI=1S/C17H17N2O/c1-3-17(2)11-19-14(20)8-10-18-9-7-12-5-4-6-13(17)15(12)16(18)19/h4-10H,3,11H2,1-2H3/q+1. The third-order valence-corrected chi connectivity index (χ3v) is 4.82. The molecule has 1 aromatic carbocycles. The van der Waals surface area contributed by atoms with Gasteiger partial charge in [-0.1, -0.05) is 32.0 Å². The van der Waals surface area contributed by atoms with Crippen LogP contribution in [0.2, 0.25) is 0 Å². The van der Waals surface area contributed by atoms with E-state index in [9.17, 15) is 4.79 Å². The fourth-order valence-corrected chi connectivity index (χ4v) is 3.44. The first-order valence-corrected chi connectivity index (χ1v) is 7.11. The van der Waals surface area contributed by atoms with Crippen LogP contribution in [0.15, 0.2) is 47.5 Å². The van der Waals surface area contributed by atoms with Gasteiger partial charge in [-0.25, -0.2) is 9.20 Å². The Kier molecular flexibility index (Phi) is 2.15. The van der Waals surface area contributed by atoms with Crippen LogP contribution >= 0.6 is 0 Å². The van der Waals surface area contributed by atoms with E-state index in [0.717, 1.165) is 18.6 Å². The van der Waals surface area contributed by atoms with Gasteiger partial charge in [-0.05, 0) is 23.4 Å². The molecule has 3 nitrogen and oxygen atoms in total. The van der Waals surface area contributed by atoms with Crippen LogP contribution in [0.5, 0.6) is 0 Å². The molecule has 0 radical (unpaired) electrons. The van der Waals surface area contributed by atoms with Crippen LogP contribution in [0, 0.1) is 0 Å². The maximum Gasteiger partial charge on any atom is 0.337 e. The molecule has 0 N–H and O–H groups in total.